The lowest BCUT2D eigenvalue weighted by molar-refractivity contribution is 0.661. The number of rotatable bonds is 5. The van der Waals surface area contributed by atoms with E-state index in [0.29, 0.717) is 11.9 Å². The first kappa shape index (κ1) is 17.2. The molecule has 0 fully saturated rings. The average molecular weight is 432 g/mol. The fourth-order valence-electron chi connectivity index (χ4n) is 1.14. The van der Waals surface area contributed by atoms with Crippen LogP contribution in [0.3, 0.4) is 0 Å². The number of halogens is 2. The molecule has 0 amide bonds. The smallest absolute Gasteiger partial charge is 0.188 e. The van der Waals surface area contributed by atoms with Crippen LogP contribution in [0, 0.1) is 5.92 Å². The van der Waals surface area contributed by atoms with Gasteiger partial charge in [0.1, 0.15) is 0 Å². The van der Waals surface area contributed by atoms with E-state index in [-0.39, 0.29) is 24.0 Å². The molecule has 0 aliphatic rings. The van der Waals surface area contributed by atoms with Crippen LogP contribution in [0.1, 0.15) is 18.7 Å². The van der Waals surface area contributed by atoms with E-state index in [4.69, 9.17) is 5.73 Å². The van der Waals surface area contributed by atoms with Gasteiger partial charge in [0.05, 0.1) is 3.79 Å². The van der Waals surface area contributed by atoms with Crippen LogP contribution in [0.25, 0.3) is 0 Å². The highest BCUT2D eigenvalue weighted by Gasteiger charge is 1.98. The molecule has 3 nitrogen and oxygen atoms in total. The van der Waals surface area contributed by atoms with Crippen molar-refractivity contribution in [3.63, 3.8) is 0 Å². The molecular formula is C11H19BrIN3S. The van der Waals surface area contributed by atoms with E-state index in [2.05, 4.69) is 52.2 Å². The minimum absolute atomic E-state index is 0. The summed E-state index contributed by atoms with van der Waals surface area (Å²) in [6.07, 6.45) is 0.980. The van der Waals surface area contributed by atoms with Crippen molar-refractivity contribution in [1.82, 2.24) is 5.32 Å². The molecule has 1 heterocycles. The Labute approximate surface area is 132 Å². The number of guanidine groups is 1. The molecule has 0 bridgehead atoms. The monoisotopic (exact) mass is 431 g/mol. The summed E-state index contributed by atoms with van der Waals surface area (Å²) in [4.78, 5) is 5.58. The minimum atomic E-state index is 0. The fraction of sp³-hybridized carbons (Fsp3) is 0.545. The normalized spacial score (nSPS) is 11.4. The molecule has 0 aliphatic heterocycles. The van der Waals surface area contributed by atoms with Gasteiger partial charge in [0, 0.05) is 18.0 Å². The Morgan fingerprint density at radius 2 is 2.24 bits per heavy atom. The highest BCUT2D eigenvalue weighted by Crippen LogP contribution is 2.21. The average Bonchev–Trinajstić information content (AvgIpc) is 2.61. The van der Waals surface area contributed by atoms with Crippen LogP contribution >= 0.6 is 51.2 Å². The van der Waals surface area contributed by atoms with Crippen LogP contribution in [0.15, 0.2) is 20.9 Å². The van der Waals surface area contributed by atoms with E-state index in [1.807, 2.05) is 0 Å². The van der Waals surface area contributed by atoms with Gasteiger partial charge in [-0.25, -0.2) is 0 Å². The summed E-state index contributed by atoms with van der Waals surface area (Å²) in [7, 11) is 0. The van der Waals surface area contributed by atoms with E-state index in [1.165, 1.54) is 8.66 Å². The van der Waals surface area contributed by atoms with Crippen LogP contribution in [-0.2, 0) is 6.42 Å². The predicted molar refractivity (Wildman–Crippen MR) is 90.5 cm³/mol. The number of hydrogen-bond donors (Lipinski definition) is 2. The van der Waals surface area contributed by atoms with Gasteiger partial charge in [-0.3, -0.25) is 4.99 Å². The van der Waals surface area contributed by atoms with Gasteiger partial charge in [0.25, 0.3) is 0 Å². The summed E-state index contributed by atoms with van der Waals surface area (Å²) >= 11 is 5.20. The summed E-state index contributed by atoms with van der Waals surface area (Å²) in [6, 6.07) is 4.19. The third kappa shape index (κ3) is 7.99. The van der Waals surface area contributed by atoms with Gasteiger partial charge in [-0.05, 0) is 40.4 Å². The zero-order chi connectivity index (χ0) is 12.0. The molecule has 0 unspecified atom stereocenters. The fourth-order valence-corrected chi connectivity index (χ4v) is 2.62. The zero-order valence-corrected chi connectivity index (χ0v) is 14.8. The molecule has 1 aromatic rings. The Balaban J connectivity index is 0.00000256. The molecule has 0 atom stereocenters. The number of aliphatic imine (C=N–C) groups is 1. The van der Waals surface area contributed by atoms with E-state index in [1.54, 1.807) is 11.3 Å². The highest BCUT2D eigenvalue weighted by atomic mass is 127. The molecule has 1 rings (SSSR count). The first-order valence-corrected chi connectivity index (χ1v) is 6.97. The second-order valence-electron chi connectivity index (χ2n) is 4.00. The molecule has 98 valence electrons. The van der Waals surface area contributed by atoms with Crippen molar-refractivity contribution in [3.8, 4) is 0 Å². The second-order valence-corrected chi connectivity index (χ2v) is 6.55. The third-order valence-corrected chi connectivity index (χ3v) is 3.62. The molecule has 1 aromatic heterocycles. The van der Waals surface area contributed by atoms with Gasteiger partial charge < -0.3 is 11.1 Å². The second kappa shape index (κ2) is 9.16. The number of nitrogens with zero attached hydrogens (tertiary/aromatic N) is 1. The number of nitrogens with one attached hydrogen (secondary N) is 1. The van der Waals surface area contributed by atoms with Gasteiger partial charge in [-0.1, -0.05) is 13.8 Å². The van der Waals surface area contributed by atoms with Crippen molar-refractivity contribution in [2.45, 2.75) is 20.3 Å². The first-order chi connectivity index (χ1) is 7.58. The van der Waals surface area contributed by atoms with E-state index in [9.17, 15) is 0 Å². The van der Waals surface area contributed by atoms with Crippen molar-refractivity contribution in [3.05, 3.63) is 20.8 Å². The maximum absolute atomic E-state index is 5.72. The molecule has 0 saturated heterocycles. The van der Waals surface area contributed by atoms with Crippen LogP contribution in [-0.4, -0.2) is 19.0 Å². The Morgan fingerprint density at radius 1 is 1.53 bits per heavy atom. The molecule has 6 heteroatoms. The van der Waals surface area contributed by atoms with Gasteiger partial charge in [0.2, 0.25) is 0 Å². The van der Waals surface area contributed by atoms with Gasteiger partial charge >= 0.3 is 0 Å². The summed E-state index contributed by atoms with van der Waals surface area (Å²) < 4.78 is 1.17. The Bertz CT molecular complexity index is 352. The maximum atomic E-state index is 5.72. The summed E-state index contributed by atoms with van der Waals surface area (Å²) in [5.74, 6) is 1.10. The molecule has 0 saturated carbocycles. The Hall–Kier alpha value is 0.180. The molecule has 17 heavy (non-hydrogen) atoms. The van der Waals surface area contributed by atoms with Crippen molar-refractivity contribution < 1.29 is 0 Å². The molecule has 0 aliphatic carbocycles. The highest BCUT2D eigenvalue weighted by molar-refractivity contribution is 14.0. The first-order valence-electron chi connectivity index (χ1n) is 5.36. The third-order valence-electron chi connectivity index (χ3n) is 1.93. The standard InChI is InChI=1S/C11H18BrN3S.HI/c1-8(2)7-15-11(13)14-6-5-9-3-4-10(12)16-9;/h3-4,8H,5-7H2,1-2H3,(H3,13,14,15);1H. The lowest BCUT2D eigenvalue weighted by Crippen LogP contribution is -2.33. The molecule has 3 N–H and O–H groups in total. The topological polar surface area (TPSA) is 50.4 Å². The van der Waals surface area contributed by atoms with Crippen LogP contribution < -0.4 is 11.1 Å². The van der Waals surface area contributed by atoms with Crippen molar-refractivity contribution in [2.24, 2.45) is 16.6 Å². The Kier molecular flexibility index (Phi) is 9.25. The van der Waals surface area contributed by atoms with Gasteiger partial charge in [-0.15, -0.1) is 35.3 Å². The molecular weight excluding hydrogens is 413 g/mol. The predicted octanol–water partition coefficient (Wildman–Crippen LogP) is 3.23. The summed E-state index contributed by atoms with van der Waals surface area (Å²) in [6.45, 7) is 5.86. The van der Waals surface area contributed by atoms with Crippen LogP contribution in [0.5, 0.6) is 0 Å². The quantitative estimate of drug-likeness (QED) is 0.427. The lowest BCUT2D eigenvalue weighted by atomic mass is 10.2. The zero-order valence-electron chi connectivity index (χ0n) is 10.1. The number of thiophene rings is 1. The molecule has 0 radical (unpaired) electrons. The number of nitrogens with two attached hydrogens (primary N) is 1. The van der Waals surface area contributed by atoms with Crippen LogP contribution in [0.2, 0.25) is 0 Å². The lowest BCUT2D eigenvalue weighted by Gasteiger charge is -2.05. The largest absolute Gasteiger partial charge is 0.370 e. The van der Waals surface area contributed by atoms with Crippen LogP contribution in [0.4, 0.5) is 0 Å². The number of hydrogen-bond acceptors (Lipinski definition) is 2. The van der Waals surface area contributed by atoms with E-state index in [0.717, 1.165) is 19.5 Å². The van der Waals surface area contributed by atoms with Crippen molar-refractivity contribution in [2.75, 3.05) is 13.1 Å². The van der Waals surface area contributed by atoms with Gasteiger partial charge in [0.15, 0.2) is 5.96 Å². The molecule has 0 spiro atoms. The van der Waals surface area contributed by atoms with E-state index < -0.39 is 0 Å². The SMILES string of the molecule is CC(C)CN=C(N)NCCc1ccc(Br)s1.I. The summed E-state index contributed by atoms with van der Waals surface area (Å²) in [5.41, 5.74) is 5.72. The van der Waals surface area contributed by atoms with Crippen molar-refractivity contribution in [1.29, 1.82) is 0 Å². The van der Waals surface area contributed by atoms with E-state index >= 15 is 0 Å². The summed E-state index contributed by atoms with van der Waals surface area (Å²) in [5, 5.41) is 3.11. The van der Waals surface area contributed by atoms with Gasteiger partial charge in [-0.2, -0.15) is 0 Å². The maximum Gasteiger partial charge on any atom is 0.188 e. The minimum Gasteiger partial charge on any atom is -0.370 e. The van der Waals surface area contributed by atoms with Crippen molar-refractivity contribution >= 4 is 57.2 Å². The molecule has 0 aromatic carbocycles. The Morgan fingerprint density at radius 3 is 2.76 bits per heavy atom.